The van der Waals surface area contributed by atoms with E-state index >= 15 is 0 Å². The van der Waals surface area contributed by atoms with Crippen molar-refractivity contribution < 1.29 is 19.1 Å². The van der Waals surface area contributed by atoms with Gasteiger partial charge in [-0.25, -0.2) is 4.79 Å². The molecule has 5 nitrogen and oxygen atoms in total. The molecule has 0 fully saturated rings. The molecule has 0 radical (unpaired) electrons. The zero-order valence-electron chi connectivity index (χ0n) is 11.4. The van der Waals surface area contributed by atoms with Crippen LogP contribution in [0, 0.1) is 5.92 Å². The fourth-order valence-electron chi connectivity index (χ4n) is 1.84. The molecule has 5 heteroatoms. The van der Waals surface area contributed by atoms with E-state index in [1.165, 1.54) is 12.1 Å². The van der Waals surface area contributed by atoms with Crippen molar-refractivity contribution in [3.63, 3.8) is 0 Å². The Labute approximate surface area is 113 Å². The van der Waals surface area contributed by atoms with Crippen molar-refractivity contribution in [3.05, 3.63) is 23.7 Å². The molecule has 0 aromatic carbocycles. The van der Waals surface area contributed by atoms with Crippen LogP contribution in [0.15, 0.2) is 16.5 Å². The lowest BCUT2D eigenvalue weighted by molar-refractivity contribution is 0.0659. The number of unbranched alkanes of at least 4 members (excludes halogenated alkanes) is 1. The van der Waals surface area contributed by atoms with Crippen molar-refractivity contribution in [2.24, 2.45) is 5.92 Å². The van der Waals surface area contributed by atoms with Crippen LogP contribution in [0.1, 0.15) is 60.6 Å². The third-order valence-corrected chi connectivity index (χ3v) is 3.14. The largest absolute Gasteiger partial charge is 0.475 e. The van der Waals surface area contributed by atoms with Crippen molar-refractivity contribution in [2.75, 3.05) is 6.54 Å². The molecule has 1 aromatic heterocycles. The zero-order valence-corrected chi connectivity index (χ0v) is 11.4. The van der Waals surface area contributed by atoms with Gasteiger partial charge in [0.15, 0.2) is 5.76 Å². The highest BCUT2D eigenvalue weighted by atomic mass is 16.4. The van der Waals surface area contributed by atoms with Crippen molar-refractivity contribution in [3.8, 4) is 0 Å². The van der Waals surface area contributed by atoms with Gasteiger partial charge in [0.2, 0.25) is 5.76 Å². The summed E-state index contributed by atoms with van der Waals surface area (Å²) in [6.07, 6.45) is 4.40. The first-order valence-corrected chi connectivity index (χ1v) is 6.69. The summed E-state index contributed by atoms with van der Waals surface area (Å²) in [5.74, 6) is -1.25. The standard InChI is InChI=1S/C14H21NO4/c1-3-5-6-10(4-2)9-15-13(16)11-7-8-12(19-11)14(17)18/h7-8,10H,3-6,9H2,1-2H3,(H,15,16)(H,17,18). The summed E-state index contributed by atoms with van der Waals surface area (Å²) in [6, 6.07) is 2.66. The quantitative estimate of drug-likeness (QED) is 0.759. The minimum Gasteiger partial charge on any atom is -0.475 e. The number of carboxylic acid groups (broad SMARTS) is 1. The van der Waals surface area contributed by atoms with E-state index in [2.05, 4.69) is 19.2 Å². The lowest BCUT2D eigenvalue weighted by Crippen LogP contribution is -2.28. The Hall–Kier alpha value is -1.78. The lowest BCUT2D eigenvalue weighted by atomic mass is 9.99. The Bertz CT molecular complexity index is 425. The fraction of sp³-hybridized carbons (Fsp3) is 0.571. The first-order chi connectivity index (χ1) is 9.08. The highest BCUT2D eigenvalue weighted by molar-refractivity contribution is 5.93. The van der Waals surface area contributed by atoms with Gasteiger partial charge in [-0.1, -0.05) is 33.1 Å². The minimum absolute atomic E-state index is 0.0442. The predicted octanol–water partition coefficient (Wildman–Crippen LogP) is 2.92. The number of furan rings is 1. The van der Waals surface area contributed by atoms with E-state index in [0.29, 0.717) is 12.5 Å². The number of rotatable bonds is 8. The molecule has 1 amide bonds. The van der Waals surface area contributed by atoms with Crippen LogP contribution in [0.25, 0.3) is 0 Å². The van der Waals surface area contributed by atoms with Gasteiger partial charge >= 0.3 is 5.97 Å². The second kappa shape index (κ2) is 7.61. The van der Waals surface area contributed by atoms with Crippen LogP contribution in [-0.2, 0) is 0 Å². The first-order valence-electron chi connectivity index (χ1n) is 6.69. The maximum absolute atomic E-state index is 11.8. The molecule has 19 heavy (non-hydrogen) atoms. The van der Waals surface area contributed by atoms with Crippen LogP contribution in [0.5, 0.6) is 0 Å². The van der Waals surface area contributed by atoms with Crippen LogP contribution in [0.2, 0.25) is 0 Å². The summed E-state index contributed by atoms with van der Waals surface area (Å²) in [5.41, 5.74) is 0. The maximum Gasteiger partial charge on any atom is 0.371 e. The topological polar surface area (TPSA) is 79.5 Å². The molecule has 0 saturated heterocycles. The van der Waals surface area contributed by atoms with Gasteiger partial charge in [0, 0.05) is 6.54 Å². The van der Waals surface area contributed by atoms with Crippen LogP contribution >= 0.6 is 0 Å². The molecule has 1 aromatic rings. The van der Waals surface area contributed by atoms with Gasteiger partial charge in [-0.15, -0.1) is 0 Å². The van der Waals surface area contributed by atoms with Crippen molar-refractivity contribution >= 4 is 11.9 Å². The third-order valence-electron chi connectivity index (χ3n) is 3.14. The smallest absolute Gasteiger partial charge is 0.371 e. The van der Waals surface area contributed by atoms with Gasteiger partial charge in [0.1, 0.15) is 0 Å². The Kier molecular flexibility index (Phi) is 6.12. The van der Waals surface area contributed by atoms with Gasteiger partial charge in [-0.05, 0) is 24.5 Å². The highest BCUT2D eigenvalue weighted by Gasteiger charge is 2.15. The molecule has 0 aliphatic carbocycles. The summed E-state index contributed by atoms with van der Waals surface area (Å²) >= 11 is 0. The van der Waals surface area contributed by atoms with E-state index in [9.17, 15) is 9.59 Å². The molecular formula is C14H21NO4. The number of aromatic carboxylic acids is 1. The zero-order chi connectivity index (χ0) is 14.3. The highest BCUT2D eigenvalue weighted by Crippen LogP contribution is 2.12. The Balaban J connectivity index is 2.47. The SMILES string of the molecule is CCCCC(CC)CNC(=O)c1ccc(C(=O)O)o1. The van der Waals surface area contributed by atoms with E-state index in [1.54, 1.807) is 0 Å². The Morgan fingerprint density at radius 3 is 2.53 bits per heavy atom. The molecule has 1 heterocycles. The molecule has 2 N–H and O–H groups in total. The molecular weight excluding hydrogens is 246 g/mol. The van der Waals surface area contributed by atoms with Crippen molar-refractivity contribution in [1.29, 1.82) is 0 Å². The summed E-state index contributed by atoms with van der Waals surface area (Å²) in [6.45, 7) is 4.84. The monoisotopic (exact) mass is 267 g/mol. The second-order valence-electron chi connectivity index (χ2n) is 4.60. The fourth-order valence-corrected chi connectivity index (χ4v) is 1.84. The summed E-state index contributed by atoms with van der Waals surface area (Å²) in [7, 11) is 0. The lowest BCUT2D eigenvalue weighted by Gasteiger charge is -2.14. The van der Waals surface area contributed by atoms with Gasteiger partial charge < -0.3 is 14.8 Å². The number of hydrogen-bond donors (Lipinski definition) is 2. The van der Waals surface area contributed by atoms with Gasteiger partial charge in [-0.3, -0.25) is 4.79 Å². The third kappa shape index (κ3) is 4.77. The number of amides is 1. The number of hydrogen-bond acceptors (Lipinski definition) is 3. The van der Waals surface area contributed by atoms with E-state index in [0.717, 1.165) is 25.7 Å². The minimum atomic E-state index is -1.17. The summed E-state index contributed by atoms with van der Waals surface area (Å²) in [4.78, 5) is 22.4. The van der Waals surface area contributed by atoms with E-state index in [1.807, 2.05) is 0 Å². The number of carbonyl (C=O) groups excluding carboxylic acids is 1. The van der Waals surface area contributed by atoms with Crippen molar-refractivity contribution in [2.45, 2.75) is 39.5 Å². The average Bonchev–Trinajstić information content (AvgIpc) is 2.88. The first kappa shape index (κ1) is 15.3. The average molecular weight is 267 g/mol. The van der Waals surface area contributed by atoms with Gasteiger partial charge in [0.25, 0.3) is 5.91 Å². The van der Waals surface area contributed by atoms with E-state index < -0.39 is 5.97 Å². The Morgan fingerprint density at radius 1 is 1.32 bits per heavy atom. The molecule has 1 unspecified atom stereocenters. The number of carboxylic acids is 1. The molecule has 0 spiro atoms. The second-order valence-corrected chi connectivity index (χ2v) is 4.60. The number of nitrogens with one attached hydrogen (secondary N) is 1. The van der Waals surface area contributed by atoms with Gasteiger partial charge in [-0.2, -0.15) is 0 Å². The molecule has 0 aliphatic rings. The van der Waals surface area contributed by atoms with Crippen LogP contribution in [0.3, 0.4) is 0 Å². The van der Waals surface area contributed by atoms with E-state index in [-0.39, 0.29) is 17.4 Å². The summed E-state index contributed by atoms with van der Waals surface area (Å²) in [5, 5.41) is 11.5. The Morgan fingerprint density at radius 2 is 2.00 bits per heavy atom. The van der Waals surface area contributed by atoms with Crippen LogP contribution < -0.4 is 5.32 Å². The molecule has 106 valence electrons. The van der Waals surface area contributed by atoms with Crippen molar-refractivity contribution in [1.82, 2.24) is 5.32 Å². The molecule has 1 atom stereocenters. The molecule has 0 saturated carbocycles. The maximum atomic E-state index is 11.8. The van der Waals surface area contributed by atoms with E-state index in [4.69, 9.17) is 9.52 Å². The predicted molar refractivity (Wildman–Crippen MR) is 71.3 cm³/mol. The number of carbonyl (C=O) groups is 2. The summed E-state index contributed by atoms with van der Waals surface area (Å²) < 4.78 is 4.94. The molecule has 1 rings (SSSR count). The normalized spacial score (nSPS) is 12.1. The van der Waals surface area contributed by atoms with Crippen LogP contribution in [0.4, 0.5) is 0 Å². The molecule has 0 bridgehead atoms. The van der Waals surface area contributed by atoms with Crippen LogP contribution in [-0.4, -0.2) is 23.5 Å². The van der Waals surface area contributed by atoms with Gasteiger partial charge in [0.05, 0.1) is 0 Å². The molecule has 0 aliphatic heterocycles.